The van der Waals surface area contributed by atoms with E-state index in [1.165, 1.54) is 27.0 Å². The maximum Gasteiger partial charge on any atom is 0.334 e. The third kappa shape index (κ3) is 5.28. The highest BCUT2D eigenvalue weighted by atomic mass is 16.7. The Labute approximate surface area is 276 Å². The molecule has 11 heteroatoms. The van der Waals surface area contributed by atoms with Gasteiger partial charge in [-0.1, -0.05) is 44.9 Å². The van der Waals surface area contributed by atoms with Crippen molar-refractivity contribution in [1.29, 1.82) is 0 Å². The zero-order valence-corrected chi connectivity index (χ0v) is 28.4. The largest absolute Gasteiger partial charge is 0.481 e. The van der Waals surface area contributed by atoms with Crippen LogP contribution >= 0.6 is 0 Å². The molecule has 3 N–H and O–H groups in total. The van der Waals surface area contributed by atoms with Gasteiger partial charge in [0.15, 0.2) is 18.2 Å². The monoisotopic (exact) mass is 658 g/mol. The van der Waals surface area contributed by atoms with E-state index in [-0.39, 0.29) is 35.9 Å². The predicted molar refractivity (Wildman–Crippen MR) is 169 cm³/mol. The van der Waals surface area contributed by atoms with Gasteiger partial charge >= 0.3 is 11.9 Å². The fraction of sp³-hybridized carbons (Fsp3) is 0.722. The van der Waals surface area contributed by atoms with E-state index < -0.39 is 70.8 Å². The summed E-state index contributed by atoms with van der Waals surface area (Å²) in [7, 11) is 1.40. The molecule has 0 aromatic carbocycles. The maximum atomic E-state index is 13.7. The van der Waals surface area contributed by atoms with Crippen LogP contribution in [0.5, 0.6) is 0 Å². The number of fused-ring (bicyclic) bond motifs is 2. The Kier molecular flexibility index (Phi) is 9.82. The van der Waals surface area contributed by atoms with Gasteiger partial charge in [-0.05, 0) is 81.8 Å². The van der Waals surface area contributed by atoms with E-state index in [1.54, 1.807) is 6.92 Å². The molecular formula is C36H50O11. The summed E-state index contributed by atoms with van der Waals surface area (Å²) in [5.74, 6) is -2.21. The van der Waals surface area contributed by atoms with Crippen LogP contribution in [0.2, 0.25) is 0 Å². The normalized spacial score (nSPS) is 43.1. The lowest BCUT2D eigenvalue weighted by Gasteiger charge is -2.58. The molecule has 3 saturated carbocycles. The van der Waals surface area contributed by atoms with Gasteiger partial charge in [0.05, 0.1) is 24.2 Å². The van der Waals surface area contributed by atoms with Crippen LogP contribution < -0.4 is 0 Å². The first-order chi connectivity index (χ1) is 22.1. The number of rotatable bonds is 12. The molecule has 5 rings (SSSR count). The molecule has 13 atom stereocenters. The lowest BCUT2D eigenvalue weighted by molar-refractivity contribution is -0.308. The van der Waals surface area contributed by atoms with E-state index in [2.05, 4.69) is 13.0 Å². The predicted octanol–water partition coefficient (Wildman–Crippen LogP) is 3.41. The Hall–Kier alpha value is -2.70. The molecule has 0 aromatic heterocycles. The second kappa shape index (κ2) is 13.0. The van der Waals surface area contributed by atoms with E-state index in [1.807, 2.05) is 13.8 Å². The Balaban J connectivity index is 1.44. The number of aliphatic hydroxyl groups is 2. The minimum atomic E-state index is -1.51. The van der Waals surface area contributed by atoms with Crippen LogP contribution in [0.1, 0.15) is 67.2 Å². The number of carbonyl (C=O) groups excluding carboxylic acids is 3. The van der Waals surface area contributed by atoms with Gasteiger partial charge in [-0.2, -0.15) is 0 Å². The topological polar surface area (TPSA) is 166 Å². The lowest BCUT2D eigenvalue weighted by atomic mass is 9.43. The number of methoxy groups -OCH3 is 1. The van der Waals surface area contributed by atoms with Crippen LogP contribution in [0.4, 0.5) is 0 Å². The van der Waals surface area contributed by atoms with Gasteiger partial charge in [0.2, 0.25) is 0 Å². The summed E-state index contributed by atoms with van der Waals surface area (Å²) >= 11 is 0. The van der Waals surface area contributed by atoms with Gasteiger partial charge in [-0.3, -0.25) is 9.59 Å². The highest BCUT2D eigenvalue weighted by Gasteiger charge is 2.84. The number of esters is 1. The second-order valence-corrected chi connectivity index (χ2v) is 14.9. The van der Waals surface area contributed by atoms with Crippen molar-refractivity contribution < 1.29 is 53.4 Å². The van der Waals surface area contributed by atoms with E-state index in [4.69, 9.17) is 18.9 Å². The molecule has 4 aliphatic carbocycles. The molecule has 1 saturated heterocycles. The summed E-state index contributed by atoms with van der Waals surface area (Å²) in [5.41, 5.74) is -2.68. The molecule has 4 fully saturated rings. The van der Waals surface area contributed by atoms with Crippen LogP contribution in [-0.4, -0.2) is 89.9 Å². The van der Waals surface area contributed by atoms with Crippen molar-refractivity contribution in [1.82, 2.24) is 0 Å². The van der Waals surface area contributed by atoms with Crippen molar-refractivity contribution in [2.75, 3.05) is 13.7 Å². The summed E-state index contributed by atoms with van der Waals surface area (Å²) in [6, 6.07) is 0. The summed E-state index contributed by atoms with van der Waals surface area (Å²) in [5, 5.41) is 32.1. The third-order valence-electron chi connectivity index (χ3n) is 12.1. The Morgan fingerprint density at radius 2 is 1.83 bits per heavy atom. The van der Waals surface area contributed by atoms with E-state index >= 15 is 0 Å². The van der Waals surface area contributed by atoms with Gasteiger partial charge in [0, 0.05) is 18.1 Å². The van der Waals surface area contributed by atoms with Gasteiger partial charge in [-0.15, -0.1) is 0 Å². The second-order valence-electron chi connectivity index (χ2n) is 14.9. The number of carbonyl (C=O) groups is 4. The van der Waals surface area contributed by atoms with Crippen LogP contribution in [0.15, 0.2) is 35.5 Å². The average molecular weight is 659 g/mol. The Bertz CT molecular complexity index is 1360. The summed E-state index contributed by atoms with van der Waals surface area (Å²) in [6.45, 7) is 10.6. The van der Waals surface area contributed by atoms with Crippen molar-refractivity contribution in [2.24, 2.45) is 45.8 Å². The number of aliphatic hydroxyl groups excluding tert-OH is 2. The fourth-order valence-electron chi connectivity index (χ4n) is 10.2. The van der Waals surface area contributed by atoms with Crippen molar-refractivity contribution in [3.05, 3.63) is 35.5 Å². The van der Waals surface area contributed by atoms with Crippen molar-refractivity contribution in [3.8, 4) is 0 Å². The molecule has 260 valence electrons. The number of carboxylic acid groups (broad SMARTS) is 1. The van der Waals surface area contributed by atoms with Gasteiger partial charge in [0.1, 0.15) is 23.9 Å². The SMILES string of the molecule is CO[C@H]1[C@@H](OC(=O)/C(C)=C\C(=O)/C=C/[C@H](C)O)[C@H](O)[C@H](OC[C@@]23C[C@@H]4[C@H](C)CC[C@H]4[C@@]4(C=O)C[C@@H]2C=C(C(C)C)[C@@]34C(=O)O)O[C@@H]1C. The molecule has 1 heterocycles. The molecule has 4 bridgehead atoms. The van der Waals surface area contributed by atoms with Gasteiger partial charge in [0.25, 0.3) is 0 Å². The summed E-state index contributed by atoms with van der Waals surface area (Å²) in [4.78, 5) is 52.3. The molecule has 0 amide bonds. The number of aldehydes is 1. The maximum absolute atomic E-state index is 13.7. The van der Waals surface area contributed by atoms with E-state index in [0.717, 1.165) is 36.9 Å². The molecule has 0 spiro atoms. The summed E-state index contributed by atoms with van der Waals surface area (Å²) in [6.07, 6.45) is 2.89. The highest BCUT2D eigenvalue weighted by molar-refractivity contribution is 6.04. The molecular weight excluding hydrogens is 608 g/mol. The summed E-state index contributed by atoms with van der Waals surface area (Å²) < 4.78 is 23.8. The van der Waals surface area contributed by atoms with E-state index in [9.17, 15) is 34.5 Å². The number of allylic oxidation sites excluding steroid dienone is 3. The van der Waals surface area contributed by atoms with Crippen LogP contribution in [0.3, 0.4) is 0 Å². The van der Waals surface area contributed by atoms with Crippen LogP contribution in [0, 0.1) is 45.8 Å². The number of hydrogen-bond donors (Lipinski definition) is 3. The molecule has 0 radical (unpaired) electrons. The average Bonchev–Trinajstić information content (AvgIpc) is 3.58. The first-order valence-corrected chi connectivity index (χ1v) is 16.8. The minimum absolute atomic E-state index is 0.0198. The quantitative estimate of drug-likeness (QED) is 0.122. The van der Waals surface area contributed by atoms with Gasteiger partial charge < -0.3 is 39.1 Å². The highest BCUT2D eigenvalue weighted by Crippen LogP contribution is 2.82. The standard InChI is InChI=1S/C36H50O11/c1-18(2)27-13-23-14-34(16-37)26-11-8-19(3)25(26)15-35(23,36(27,34)33(42)43)17-45-32-28(40)30(29(44-7)22(6)46-32)47-31(41)20(4)12-24(39)10-9-21(5)38/h9-10,12-13,16,18-19,21-23,25-26,28-30,32,38,40H,8,11,14-15,17H2,1-7H3,(H,42,43)/b10-9+,20-12-/t19-,21+,22-,23+,25-,26-,28+,29-,30+,32-,34+,35+,36+/m1/s1. The van der Waals surface area contributed by atoms with Crippen LogP contribution in [0.25, 0.3) is 0 Å². The van der Waals surface area contributed by atoms with Crippen molar-refractivity contribution in [2.45, 2.75) is 104 Å². The molecule has 1 aliphatic heterocycles. The lowest BCUT2D eigenvalue weighted by Crippen LogP contribution is -2.64. The Morgan fingerprint density at radius 1 is 1.13 bits per heavy atom. The zero-order chi connectivity index (χ0) is 34.6. The number of ether oxygens (including phenoxy) is 4. The number of aliphatic carboxylic acids is 1. The first kappa shape index (κ1) is 35.6. The van der Waals surface area contributed by atoms with Crippen LogP contribution in [-0.2, 0) is 38.1 Å². The van der Waals surface area contributed by atoms with Crippen molar-refractivity contribution in [3.63, 3.8) is 0 Å². The first-order valence-electron chi connectivity index (χ1n) is 16.8. The molecule has 47 heavy (non-hydrogen) atoms. The number of ketones is 1. The Morgan fingerprint density at radius 3 is 2.43 bits per heavy atom. The molecule has 0 unspecified atom stereocenters. The molecule has 5 aliphatic rings. The smallest absolute Gasteiger partial charge is 0.334 e. The third-order valence-corrected chi connectivity index (χ3v) is 12.1. The molecule has 11 nitrogen and oxygen atoms in total. The fourth-order valence-corrected chi connectivity index (χ4v) is 10.2. The van der Waals surface area contributed by atoms with E-state index in [0.29, 0.717) is 18.8 Å². The molecule has 0 aromatic rings. The zero-order valence-electron chi connectivity index (χ0n) is 28.4. The minimum Gasteiger partial charge on any atom is -0.481 e. The van der Waals surface area contributed by atoms with Gasteiger partial charge in [-0.25, -0.2) is 4.79 Å². The number of carboxylic acids is 1. The van der Waals surface area contributed by atoms with Crippen molar-refractivity contribution >= 4 is 24.0 Å². The number of hydrogen-bond acceptors (Lipinski definition) is 10.